The van der Waals surface area contributed by atoms with Gasteiger partial charge in [0.1, 0.15) is 0 Å². The molecule has 2 heterocycles. The van der Waals surface area contributed by atoms with Gasteiger partial charge in [-0.1, -0.05) is 6.92 Å². The van der Waals surface area contributed by atoms with E-state index in [0.717, 1.165) is 31.4 Å². The summed E-state index contributed by atoms with van der Waals surface area (Å²) >= 11 is 0. The summed E-state index contributed by atoms with van der Waals surface area (Å²) in [4.78, 5) is 0. The van der Waals surface area contributed by atoms with Crippen LogP contribution < -0.4 is 0 Å². The van der Waals surface area contributed by atoms with Gasteiger partial charge in [-0.05, 0) is 52.9 Å². The molecule has 0 bridgehead atoms. The molecule has 0 amide bonds. The Balaban J connectivity index is 1.78. The zero-order chi connectivity index (χ0) is 14.1. The van der Waals surface area contributed by atoms with Crippen molar-refractivity contribution in [2.24, 2.45) is 0 Å². The van der Waals surface area contributed by atoms with Crippen LogP contribution in [0.3, 0.4) is 0 Å². The Bertz CT molecular complexity index is 413. The molecule has 1 aromatic heterocycles. The van der Waals surface area contributed by atoms with Gasteiger partial charge in [-0.15, -0.1) is 0 Å². The van der Waals surface area contributed by atoms with Gasteiger partial charge in [-0.3, -0.25) is 4.68 Å². The molecule has 0 atom stereocenters. The first kappa shape index (κ1) is 14.6. The highest BCUT2D eigenvalue weighted by atomic mass is 16.7. The van der Waals surface area contributed by atoms with Gasteiger partial charge in [0, 0.05) is 12.7 Å². The molecule has 0 spiro atoms. The molecule has 1 aromatic rings. The molecule has 5 heteroatoms. The normalized spacial score (nSPS) is 21.0. The Morgan fingerprint density at radius 3 is 2.37 bits per heavy atom. The molecule has 0 saturated carbocycles. The monoisotopic (exact) mass is 264 g/mol. The molecular weight excluding hydrogens is 239 g/mol. The molecule has 1 aliphatic heterocycles. The highest BCUT2D eigenvalue weighted by Gasteiger charge is 2.50. The third-order valence-corrected chi connectivity index (χ3v) is 4.19. The highest BCUT2D eigenvalue weighted by molar-refractivity contribution is 6.45. The highest BCUT2D eigenvalue weighted by Crippen LogP contribution is 2.37. The predicted molar refractivity (Wildman–Crippen MR) is 77.1 cm³/mol. The third-order valence-electron chi connectivity index (χ3n) is 4.19. The average Bonchev–Trinajstić information content (AvgIpc) is 2.82. The topological polar surface area (TPSA) is 36.3 Å². The average molecular weight is 264 g/mol. The maximum atomic E-state index is 5.98. The van der Waals surface area contributed by atoms with Gasteiger partial charge in [0.2, 0.25) is 0 Å². The van der Waals surface area contributed by atoms with Crippen LogP contribution in [0.4, 0.5) is 0 Å². The van der Waals surface area contributed by atoms with Crippen LogP contribution in [0, 0.1) is 0 Å². The minimum absolute atomic E-state index is 0.0915. The summed E-state index contributed by atoms with van der Waals surface area (Å²) < 4.78 is 14.0. The Labute approximate surface area is 116 Å². The summed E-state index contributed by atoms with van der Waals surface area (Å²) in [6, 6.07) is 2.08. The van der Waals surface area contributed by atoms with Crippen LogP contribution in [0.15, 0.2) is 12.3 Å². The molecular formula is C14H25BN2O2. The first-order chi connectivity index (χ1) is 8.84. The van der Waals surface area contributed by atoms with Gasteiger partial charge in [-0.2, -0.15) is 5.10 Å². The smallest absolute Gasteiger partial charge is 0.403 e. The maximum Gasteiger partial charge on any atom is 0.457 e. The minimum atomic E-state index is -0.223. The van der Waals surface area contributed by atoms with Crippen LogP contribution in [-0.4, -0.2) is 28.1 Å². The molecule has 2 rings (SSSR count). The fourth-order valence-electron chi connectivity index (χ4n) is 2.22. The van der Waals surface area contributed by atoms with Crippen LogP contribution in [0.5, 0.6) is 0 Å². The Morgan fingerprint density at radius 1 is 1.21 bits per heavy atom. The second-order valence-corrected chi connectivity index (χ2v) is 6.25. The molecule has 0 N–H and O–H groups in total. The first-order valence-electron chi connectivity index (χ1n) is 7.22. The minimum Gasteiger partial charge on any atom is -0.403 e. The zero-order valence-corrected chi connectivity index (χ0v) is 12.8. The summed E-state index contributed by atoms with van der Waals surface area (Å²) in [7, 11) is -0.0915. The van der Waals surface area contributed by atoms with E-state index in [0.29, 0.717) is 0 Å². The van der Waals surface area contributed by atoms with Crippen LogP contribution in [-0.2, 0) is 22.3 Å². The molecule has 1 fully saturated rings. The number of hydrogen-bond donors (Lipinski definition) is 0. The van der Waals surface area contributed by atoms with Crippen LogP contribution in [0.1, 0.15) is 46.7 Å². The van der Waals surface area contributed by atoms with Gasteiger partial charge < -0.3 is 9.31 Å². The fourth-order valence-corrected chi connectivity index (χ4v) is 2.22. The zero-order valence-electron chi connectivity index (χ0n) is 12.8. The largest absolute Gasteiger partial charge is 0.457 e. The van der Waals surface area contributed by atoms with Crippen LogP contribution in [0.2, 0.25) is 6.32 Å². The number of aromatic nitrogens is 2. The fraction of sp³-hybridized carbons (Fsp3) is 0.786. The Morgan fingerprint density at radius 2 is 1.84 bits per heavy atom. The molecule has 0 aromatic carbocycles. The van der Waals surface area contributed by atoms with Gasteiger partial charge in [0.15, 0.2) is 0 Å². The van der Waals surface area contributed by atoms with E-state index in [1.165, 1.54) is 0 Å². The lowest BCUT2D eigenvalue weighted by molar-refractivity contribution is 0.00578. The van der Waals surface area contributed by atoms with Gasteiger partial charge >= 0.3 is 7.12 Å². The second kappa shape index (κ2) is 5.29. The van der Waals surface area contributed by atoms with Gasteiger partial charge in [0.05, 0.1) is 16.9 Å². The molecule has 1 saturated heterocycles. The van der Waals surface area contributed by atoms with Gasteiger partial charge in [-0.25, -0.2) is 0 Å². The van der Waals surface area contributed by atoms with E-state index in [1.807, 2.05) is 10.9 Å². The van der Waals surface area contributed by atoms with E-state index < -0.39 is 0 Å². The maximum absolute atomic E-state index is 5.98. The van der Waals surface area contributed by atoms with E-state index in [9.17, 15) is 0 Å². The van der Waals surface area contributed by atoms with Crippen LogP contribution in [0.25, 0.3) is 0 Å². The van der Waals surface area contributed by atoms with Crippen molar-refractivity contribution in [3.63, 3.8) is 0 Å². The molecule has 4 nitrogen and oxygen atoms in total. The van der Waals surface area contributed by atoms with Crippen molar-refractivity contribution in [1.82, 2.24) is 9.78 Å². The molecule has 0 aliphatic carbocycles. The van der Waals surface area contributed by atoms with E-state index in [4.69, 9.17) is 9.31 Å². The molecule has 19 heavy (non-hydrogen) atoms. The van der Waals surface area contributed by atoms with E-state index in [-0.39, 0.29) is 18.3 Å². The summed E-state index contributed by atoms with van der Waals surface area (Å²) in [5, 5.41) is 4.49. The van der Waals surface area contributed by atoms with Crippen molar-refractivity contribution in [3.05, 3.63) is 18.0 Å². The third kappa shape index (κ3) is 3.21. The number of nitrogens with zero attached hydrogens (tertiary/aromatic N) is 2. The SMILES string of the molecule is CCc1ccn(CCCB2OC(C)(C)C(C)(C)O2)n1. The lowest BCUT2D eigenvalue weighted by Crippen LogP contribution is -2.41. The predicted octanol–water partition coefficient (Wildman–Crippen LogP) is 2.93. The van der Waals surface area contributed by atoms with Crippen molar-refractivity contribution in [3.8, 4) is 0 Å². The Hall–Kier alpha value is -0.805. The van der Waals surface area contributed by atoms with Crippen molar-refractivity contribution >= 4 is 7.12 Å². The Kier molecular flexibility index (Phi) is 4.07. The molecule has 106 valence electrons. The van der Waals surface area contributed by atoms with Crippen molar-refractivity contribution in [2.45, 2.75) is 71.5 Å². The van der Waals surface area contributed by atoms with E-state index >= 15 is 0 Å². The summed E-state index contributed by atoms with van der Waals surface area (Å²) in [5.74, 6) is 0. The standard InChI is InChI=1S/C14H25BN2O2/c1-6-12-8-11-17(16-12)10-7-9-15-18-13(2,3)14(4,5)19-15/h8,11H,6-7,9-10H2,1-5H3. The lowest BCUT2D eigenvalue weighted by atomic mass is 9.83. The summed E-state index contributed by atoms with van der Waals surface area (Å²) in [6.45, 7) is 11.4. The van der Waals surface area contributed by atoms with E-state index in [1.54, 1.807) is 0 Å². The second-order valence-electron chi connectivity index (χ2n) is 6.25. The van der Waals surface area contributed by atoms with Crippen molar-refractivity contribution in [1.29, 1.82) is 0 Å². The van der Waals surface area contributed by atoms with Crippen LogP contribution >= 0.6 is 0 Å². The molecule has 0 radical (unpaired) electrons. The summed E-state index contributed by atoms with van der Waals surface area (Å²) in [6.07, 6.45) is 4.96. The van der Waals surface area contributed by atoms with Gasteiger partial charge in [0.25, 0.3) is 0 Å². The lowest BCUT2D eigenvalue weighted by Gasteiger charge is -2.32. The van der Waals surface area contributed by atoms with E-state index in [2.05, 4.69) is 45.8 Å². The summed E-state index contributed by atoms with van der Waals surface area (Å²) in [5.41, 5.74) is 0.702. The molecule has 0 unspecified atom stereocenters. The quantitative estimate of drug-likeness (QED) is 0.767. The van der Waals surface area contributed by atoms with Crippen molar-refractivity contribution < 1.29 is 9.31 Å². The number of aryl methyl sites for hydroxylation is 2. The van der Waals surface area contributed by atoms with Crippen molar-refractivity contribution in [2.75, 3.05) is 0 Å². The number of hydrogen-bond acceptors (Lipinski definition) is 3. The number of rotatable bonds is 5. The molecule has 1 aliphatic rings. The first-order valence-corrected chi connectivity index (χ1v) is 7.22.